The molecule has 7 nitrogen and oxygen atoms in total. The van der Waals surface area contributed by atoms with Crippen LogP contribution in [0.4, 0.5) is 4.79 Å². The monoisotopic (exact) mass is 367 g/mol. The molecule has 1 atom stereocenters. The van der Waals surface area contributed by atoms with Crippen molar-refractivity contribution in [1.82, 2.24) is 15.1 Å². The summed E-state index contributed by atoms with van der Waals surface area (Å²) in [6.45, 7) is 3.20. The number of sulfone groups is 1. The first-order chi connectivity index (χ1) is 12.0. The van der Waals surface area contributed by atoms with Crippen LogP contribution in [0.1, 0.15) is 12.0 Å². The molecule has 2 saturated heterocycles. The number of nitrogens with one attached hydrogen (secondary N) is 1. The van der Waals surface area contributed by atoms with Crippen molar-refractivity contribution in [2.75, 3.05) is 44.8 Å². The van der Waals surface area contributed by atoms with Crippen LogP contribution < -0.4 is 10.1 Å². The third kappa shape index (κ3) is 4.64. The van der Waals surface area contributed by atoms with Gasteiger partial charge in [-0.1, -0.05) is 12.1 Å². The molecule has 3 rings (SSSR count). The molecular weight excluding hydrogens is 342 g/mol. The van der Waals surface area contributed by atoms with Crippen LogP contribution in [-0.4, -0.2) is 75.1 Å². The van der Waals surface area contributed by atoms with Crippen LogP contribution in [0, 0.1) is 0 Å². The summed E-state index contributed by atoms with van der Waals surface area (Å²) in [5.41, 5.74) is 1.02. The first-order valence-electron chi connectivity index (χ1n) is 8.57. The minimum Gasteiger partial charge on any atom is -0.497 e. The van der Waals surface area contributed by atoms with Crippen molar-refractivity contribution >= 4 is 15.9 Å². The third-order valence-corrected chi connectivity index (χ3v) is 6.68. The molecule has 1 N–H and O–H groups in total. The zero-order valence-electron chi connectivity index (χ0n) is 14.5. The highest BCUT2D eigenvalue weighted by molar-refractivity contribution is 7.91. The number of nitrogens with zero attached hydrogens (tertiary/aromatic N) is 2. The van der Waals surface area contributed by atoms with Crippen LogP contribution in [-0.2, 0) is 16.4 Å². The van der Waals surface area contributed by atoms with Crippen LogP contribution in [0.3, 0.4) is 0 Å². The lowest BCUT2D eigenvalue weighted by Crippen LogP contribution is -2.54. The molecule has 0 saturated carbocycles. The molecule has 138 valence electrons. The summed E-state index contributed by atoms with van der Waals surface area (Å²) in [7, 11) is -1.24. The number of rotatable bonds is 4. The average Bonchev–Trinajstić information content (AvgIpc) is 3.00. The molecule has 2 heterocycles. The molecule has 2 aliphatic heterocycles. The molecule has 2 fully saturated rings. The fourth-order valence-electron chi connectivity index (χ4n) is 3.39. The topological polar surface area (TPSA) is 79.0 Å². The number of methoxy groups -OCH3 is 1. The summed E-state index contributed by atoms with van der Waals surface area (Å²) < 4.78 is 28.3. The second-order valence-corrected chi connectivity index (χ2v) is 8.82. The normalized spacial score (nSPS) is 23.4. The quantitative estimate of drug-likeness (QED) is 0.848. The van der Waals surface area contributed by atoms with Crippen molar-refractivity contribution in [2.45, 2.75) is 19.0 Å². The van der Waals surface area contributed by atoms with E-state index < -0.39 is 9.84 Å². The zero-order chi connectivity index (χ0) is 17.9. The lowest BCUT2D eigenvalue weighted by atomic mass is 10.2. The molecular formula is C17H25N3O4S. The van der Waals surface area contributed by atoms with Crippen LogP contribution >= 0.6 is 0 Å². The van der Waals surface area contributed by atoms with Gasteiger partial charge in [0.15, 0.2) is 9.84 Å². The van der Waals surface area contributed by atoms with Crippen LogP contribution in [0.2, 0.25) is 0 Å². The molecule has 1 aromatic rings. The number of ether oxygens (including phenoxy) is 1. The first-order valence-corrected chi connectivity index (χ1v) is 10.4. The van der Waals surface area contributed by atoms with Gasteiger partial charge < -0.3 is 15.0 Å². The lowest BCUT2D eigenvalue weighted by molar-refractivity contribution is 0.115. The minimum absolute atomic E-state index is 0.0745. The predicted octanol–water partition coefficient (Wildman–Crippen LogP) is 0.710. The Balaban J connectivity index is 1.43. The van der Waals surface area contributed by atoms with E-state index in [1.54, 1.807) is 12.0 Å². The summed E-state index contributed by atoms with van der Waals surface area (Å²) in [5.74, 6) is 1.34. The maximum atomic E-state index is 12.3. The highest BCUT2D eigenvalue weighted by Crippen LogP contribution is 2.19. The second kappa shape index (κ2) is 7.61. The Bertz CT molecular complexity index is 697. The molecule has 2 amide bonds. The standard InChI is InChI=1S/C17H25N3O4S/c1-24-16-4-2-14(3-5-16)12-18-17(21)20-9-7-19(8-10-20)15-6-11-25(22,23)13-15/h2-5,15H,6-13H2,1H3,(H,18,21)/t15-/m1/s1. The van der Waals surface area contributed by atoms with E-state index in [-0.39, 0.29) is 17.8 Å². The number of urea groups is 1. The van der Waals surface area contributed by atoms with Crippen LogP contribution in [0.5, 0.6) is 5.75 Å². The number of carbonyl (C=O) groups is 1. The summed E-state index contributed by atoms with van der Waals surface area (Å²) in [4.78, 5) is 16.3. The molecule has 0 spiro atoms. The molecule has 8 heteroatoms. The van der Waals surface area contributed by atoms with Crippen molar-refractivity contribution in [2.24, 2.45) is 0 Å². The fourth-order valence-corrected chi connectivity index (χ4v) is 5.15. The Morgan fingerprint density at radius 3 is 2.44 bits per heavy atom. The van der Waals surface area contributed by atoms with E-state index >= 15 is 0 Å². The van der Waals surface area contributed by atoms with E-state index in [2.05, 4.69) is 10.2 Å². The lowest BCUT2D eigenvalue weighted by Gasteiger charge is -2.37. The third-order valence-electron chi connectivity index (χ3n) is 4.93. The van der Waals surface area contributed by atoms with Gasteiger partial charge in [-0.15, -0.1) is 0 Å². The van der Waals surface area contributed by atoms with E-state index in [4.69, 9.17) is 4.74 Å². The van der Waals surface area contributed by atoms with E-state index in [0.717, 1.165) is 24.4 Å². The number of piperazine rings is 1. The van der Waals surface area contributed by atoms with Gasteiger partial charge in [-0.25, -0.2) is 13.2 Å². The molecule has 0 aliphatic carbocycles. The molecule has 1 aromatic carbocycles. The van der Waals surface area contributed by atoms with Crippen molar-refractivity contribution < 1.29 is 17.9 Å². The summed E-state index contributed by atoms with van der Waals surface area (Å²) in [5, 5.41) is 2.94. The molecule has 0 bridgehead atoms. The largest absolute Gasteiger partial charge is 0.497 e. The van der Waals surface area contributed by atoms with Gasteiger partial charge in [-0.3, -0.25) is 4.90 Å². The van der Waals surface area contributed by atoms with Crippen LogP contribution in [0.15, 0.2) is 24.3 Å². The molecule has 25 heavy (non-hydrogen) atoms. The van der Waals surface area contributed by atoms with Gasteiger partial charge in [0, 0.05) is 38.8 Å². The van der Waals surface area contributed by atoms with Gasteiger partial charge in [0.05, 0.1) is 18.6 Å². The SMILES string of the molecule is COc1ccc(CNC(=O)N2CCN([C@@H]3CCS(=O)(=O)C3)CC2)cc1. The molecule has 0 radical (unpaired) electrons. The Kier molecular flexibility index (Phi) is 5.48. The summed E-state index contributed by atoms with van der Waals surface area (Å²) >= 11 is 0. The Morgan fingerprint density at radius 2 is 1.88 bits per heavy atom. The number of amides is 2. The fraction of sp³-hybridized carbons (Fsp3) is 0.588. The van der Waals surface area contributed by atoms with Crippen molar-refractivity contribution in [3.05, 3.63) is 29.8 Å². The van der Waals surface area contributed by atoms with E-state index in [0.29, 0.717) is 31.8 Å². The summed E-state index contributed by atoms with van der Waals surface area (Å²) in [6, 6.07) is 7.64. The number of benzene rings is 1. The van der Waals surface area contributed by atoms with Gasteiger partial charge in [0.25, 0.3) is 0 Å². The zero-order valence-corrected chi connectivity index (χ0v) is 15.3. The van der Waals surface area contributed by atoms with Crippen molar-refractivity contribution in [3.8, 4) is 5.75 Å². The predicted molar refractivity (Wildman–Crippen MR) is 95.4 cm³/mol. The molecule has 0 aromatic heterocycles. The second-order valence-electron chi connectivity index (χ2n) is 6.59. The van der Waals surface area contributed by atoms with E-state index in [1.165, 1.54) is 0 Å². The van der Waals surface area contributed by atoms with Crippen molar-refractivity contribution in [3.63, 3.8) is 0 Å². The van der Waals surface area contributed by atoms with E-state index in [1.807, 2.05) is 24.3 Å². The number of hydrogen-bond donors (Lipinski definition) is 1. The van der Waals surface area contributed by atoms with Gasteiger partial charge >= 0.3 is 6.03 Å². The van der Waals surface area contributed by atoms with Crippen molar-refractivity contribution in [1.29, 1.82) is 0 Å². The minimum atomic E-state index is -2.86. The maximum absolute atomic E-state index is 12.3. The Labute approximate surface area is 148 Å². The Morgan fingerprint density at radius 1 is 1.20 bits per heavy atom. The Hall–Kier alpha value is -1.80. The maximum Gasteiger partial charge on any atom is 0.317 e. The highest BCUT2D eigenvalue weighted by Gasteiger charge is 2.34. The van der Waals surface area contributed by atoms with E-state index in [9.17, 15) is 13.2 Å². The van der Waals surface area contributed by atoms with Crippen LogP contribution in [0.25, 0.3) is 0 Å². The summed E-state index contributed by atoms with van der Waals surface area (Å²) in [6.07, 6.45) is 0.714. The smallest absolute Gasteiger partial charge is 0.317 e. The first kappa shape index (κ1) is 18.0. The number of carbonyl (C=O) groups excluding carboxylic acids is 1. The highest BCUT2D eigenvalue weighted by atomic mass is 32.2. The van der Waals surface area contributed by atoms with Gasteiger partial charge in [-0.05, 0) is 24.1 Å². The van der Waals surface area contributed by atoms with Gasteiger partial charge in [-0.2, -0.15) is 0 Å². The average molecular weight is 367 g/mol. The van der Waals surface area contributed by atoms with Gasteiger partial charge in [0.2, 0.25) is 0 Å². The number of hydrogen-bond acceptors (Lipinski definition) is 5. The molecule has 2 aliphatic rings. The van der Waals surface area contributed by atoms with Gasteiger partial charge in [0.1, 0.15) is 5.75 Å². The molecule has 0 unspecified atom stereocenters.